The average Bonchev–Trinajstić information content (AvgIpc) is 2.34. The number of benzene rings is 1. The molecule has 1 aliphatic heterocycles. The van der Waals surface area contributed by atoms with Gasteiger partial charge in [0, 0.05) is 32.7 Å². The molecule has 0 atom stereocenters. The summed E-state index contributed by atoms with van der Waals surface area (Å²) in [5, 5.41) is 1.92. The van der Waals surface area contributed by atoms with Crippen LogP contribution in [0.2, 0.25) is 0 Å². The van der Waals surface area contributed by atoms with Crippen molar-refractivity contribution in [3.63, 3.8) is 0 Å². The Hall–Kier alpha value is -0.900. The molecule has 3 nitrogen and oxygen atoms in total. The molecular formula is C17H29N3. The van der Waals surface area contributed by atoms with E-state index in [4.69, 9.17) is 5.84 Å². The summed E-state index contributed by atoms with van der Waals surface area (Å²) in [6, 6.07) is 4.73. The number of hydrogen-bond acceptors (Lipinski definition) is 3. The van der Waals surface area contributed by atoms with E-state index in [0.717, 1.165) is 32.7 Å². The van der Waals surface area contributed by atoms with Gasteiger partial charge in [-0.1, -0.05) is 32.9 Å². The molecule has 20 heavy (non-hydrogen) atoms. The summed E-state index contributed by atoms with van der Waals surface area (Å²) in [6.07, 6.45) is 0. The highest BCUT2D eigenvalue weighted by molar-refractivity contribution is 5.40. The maximum absolute atomic E-state index is 5.82. The summed E-state index contributed by atoms with van der Waals surface area (Å²) in [7, 11) is 0. The molecule has 2 rings (SSSR count). The minimum atomic E-state index is 0.221. The monoisotopic (exact) mass is 275 g/mol. The van der Waals surface area contributed by atoms with Crippen molar-refractivity contribution >= 4 is 0 Å². The molecule has 1 saturated heterocycles. The van der Waals surface area contributed by atoms with E-state index < -0.39 is 0 Å². The Morgan fingerprint density at radius 2 is 1.50 bits per heavy atom. The number of hydrazine groups is 1. The molecule has 0 aliphatic carbocycles. The molecule has 112 valence electrons. The molecule has 1 aliphatic rings. The first-order valence-electron chi connectivity index (χ1n) is 7.60. The van der Waals surface area contributed by atoms with Crippen LogP contribution < -0.4 is 5.84 Å². The highest BCUT2D eigenvalue weighted by Crippen LogP contribution is 2.27. The van der Waals surface area contributed by atoms with E-state index in [1.807, 2.05) is 5.01 Å². The standard InChI is InChI=1S/C17H29N3/c1-13-10-15(17(3,4)5)11-14(2)16(13)12-19-6-8-20(18)9-7-19/h10-11H,6-9,12,18H2,1-5H3. The van der Waals surface area contributed by atoms with Crippen LogP contribution in [0.5, 0.6) is 0 Å². The van der Waals surface area contributed by atoms with Gasteiger partial charge in [-0.25, -0.2) is 5.01 Å². The van der Waals surface area contributed by atoms with Crippen LogP contribution in [0.4, 0.5) is 0 Å². The maximum atomic E-state index is 5.82. The average molecular weight is 275 g/mol. The van der Waals surface area contributed by atoms with Gasteiger partial charge in [-0.05, 0) is 41.5 Å². The first kappa shape index (κ1) is 15.5. The first-order chi connectivity index (χ1) is 9.27. The van der Waals surface area contributed by atoms with Crippen LogP contribution in [0, 0.1) is 13.8 Å². The van der Waals surface area contributed by atoms with Crippen LogP contribution in [0.3, 0.4) is 0 Å². The lowest BCUT2D eigenvalue weighted by atomic mass is 9.83. The second kappa shape index (κ2) is 5.84. The van der Waals surface area contributed by atoms with E-state index >= 15 is 0 Å². The highest BCUT2D eigenvalue weighted by Gasteiger charge is 2.19. The van der Waals surface area contributed by atoms with E-state index in [-0.39, 0.29) is 5.41 Å². The molecule has 3 heteroatoms. The van der Waals surface area contributed by atoms with Gasteiger partial charge in [0.25, 0.3) is 0 Å². The Morgan fingerprint density at radius 1 is 1.00 bits per heavy atom. The molecule has 0 bridgehead atoms. The third kappa shape index (κ3) is 3.60. The zero-order valence-corrected chi connectivity index (χ0v) is 13.7. The van der Waals surface area contributed by atoms with Gasteiger partial charge in [-0.15, -0.1) is 0 Å². The fourth-order valence-electron chi connectivity index (χ4n) is 2.82. The van der Waals surface area contributed by atoms with Crippen molar-refractivity contribution in [2.75, 3.05) is 26.2 Å². The van der Waals surface area contributed by atoms with Crippen molar-refractivity contribution in [1.82, 2.24) is 9.91 Å². The summed E-state index contributed by atoms with van der Waals surface area (Å²) in [5.74, 6) is 5.82. The zero-order chi connectivity index (χ0) is 14.9. The second-order valence-electron chi connectivity index (χ2n) is 7.15. The van der Waals surface area contributed by atoms with Crippen LogP contribution in [0.15, 0.2) is 12.1 Å². The third-order valence-corrected chi connectivity index (χ3v) is 4.35. The molecule has 1 aromatic carbocycles. The largest absolute Gasteiger partial charge is 0.296 e. The summed E-state index contributed by atoms with van der Waals surface area (Å²) < 4.78 is 0. The van der Waals surface area contributed by atoms with E-state index in [9.17, 15) is 0 Å². The van der Waals surface area contributed by atoms with Gasteiger partial charge in [0.15, 0.2) is 0 Å². The van der Waals surface area contributed by atoms with E-state index in [0.29, 0.717) is 0 Å². The Morgan fingerprint density at radius 3 is 1.95 bits per heavy atom. The number of hydrogen-bond donors (Lipinski definition) is 1. The van der Waals surface area contributed by atoms with Crippen LogP contribution in [0.25, 0.3) is 0 Å². The summed E-state index contributed by atoms with van der Waals surface area (Å²) >= 11 is 0. The van der Waals surface area contributed by atoms with Crippen molar-refractivity contribution in [1.29, 1.82) is 0 Å². The fraction of sp³-hybridized carbons (Fsp3) is 0.647. The lowest BCUT2D eigenvalue weighted by Crippen LogP contribution is -2.49. The number of piperazine rings is 1. The van der Waals surface area contributed by atoms with Crippen LogP contribution in [-0.2, 0) is 12.0 Å². The first-order valence-corrected chi connectivity index (χ1v) is 7.60. The molecule has 1 aromatic rings. The molecular weight excluding hydrogens is 246 g/mol. The van der Waals surface area contributed by atoms with Gasteiger partial charge in [0.05, 0.1) is 0 Å². The Bertz CT molecular complexity index is 443. The SMILES string of the molecule is Cc1cc(C(C)(C)C)cc(C)c1CN1CCN(N)CC1. The summed E-state index contributed by atoms with van der Waals surface area (Å²) in [4.78, 5) is 2.51. The molecule has 0 aromatic heterocycles. The maximum Gasteiger partial charge on any atom is 0.0257 e. The van der Waals surface area contributed by atoms with E-state index in [1.54, 1.807) is 0 Å². The minimum absolute atomic E-state index is 0.221. The van der Waals surface area contributed by atoms with Crippen LogP contribution in [-0.4, -0.2) is 36.1 Å². The number of rotatable bonds is 2. The quantitative estimate of drug-likeness (QED) is 0.842. The Kier molecular flexibility index (Phi) is 4.52. The normalized spacial score (nSPS) is 18.5. The zero-order valence-electron chi connectivity index (χ0n) is 13.7. The van der Waals surface area contributed by atoms with Gasteiger partial charge in [0.2, 0.25) is 0 Å². The van der Waals surface area contributed by atoms with Crippen molar-refractivity contribution in [2.45, 2.75) is 46.6 Å². The van der Waals surface area contributed by atoms with Crippen molar-refractivity contribution in [3.8, 4) is 0 Å². The van der Waals surface area contributed by atoms with Gasteiger partial charge in [0.1, 0.15) is 0 Å². The molecule has 0 unspecified atom stereocenters. The number of aryl methyl sites for hydroxylation is 2. The van der Waals surface area contributed by atoms with Crippen molar-refractivity contribution in [3.05, 3.63) is 34.4 Å². The van der Waals surface area contributed by atoms with Crippen molar-refractivity contribution in [2.24, 2.45) is 5.84 Å². The predicted octanol–water partition coefficient (Wildman–Crippen LogP) is 2.59. The summed E-state index contributed by atoms with van der Waals surface area (Å²) in [5.41, 5.74) is 5.99. The molecule has 0 amide bonds. The fourth-order valence-corrected chi connectivity index (χ4v) is 2.82. The molecule has 0 radical (unpaired) electrons. The van der Waals surface area contributed by atoms with E-state index in [1.165, 1.54) is 22.3 Å². The molecule has 0 spiro atoms. The third-order valence-electron chi connectivity index (χ3n) is 4.35. The summed E-state index contributed by atoms with van der Waals surface area (Å²) in [6.45, 7) is 16.5. The van der Waals surface area contributed by atoms with Gasteiger partial charge >= 0.3 is 0 Å². The second-order valence-corrected chi connectivity index (χ2v) is 7.15. The van der Waals surface area contributed by atoms with Crippen LogP contribution >= 0.6 is 0 Å². The highest BCUT2D eigenvalue weighted by atomic mass is 15.4. The van der Waals surface area contributed by atoms with Gasteiger partial charge in [-0.3, -0.25) is 10.7 Å². The topological polar surface area (TPSA) is 32.5 Å². The Labute approximate surface area is 123 Å². The lowest BCUT2D eigenvalue weighted by Gasteiger charge is -2.33. The van der Waals surface area contributed by atoms with Crippen LogP contribution in [0.1, 0.15) is 43.0 Å². The number of nitrogens with zero attached hydrogens (tertiary/aromatic N) is 2. The molecule has 0 saturated carbocycles. The molecule has 1 heterocycles. The van der Waals surface area contributed by atoms with E-state index in [2.05, 4.69) is 51.7 Å². The lowest BCUT2D eigenvalue weighted by molar-refractivity contribution is 0.128. The van der Waals surface area contributed by atoms with Gasteiger partial charge < -0.3 is 0 Å². The molecule has 2 N–H and O–H groups in total. The van der Waals surface area contributed by atoms with Gasteiger partial charge in [-0.2, -0.15) is 0 Å². The molecule has 1 fully saturated rings. The van der Waals surface area contributed by atoms with Crippen molar-refractivity contribution < 1.29 is 0 Å². The predicted molar refractivity (Wildman–Crippen MR) is 85.7 cm³/mol. The minimum Gasteiger partial charge on any atom is -0.296 e. The Balaban J connectivity index is 2.16. The smallest absolute Gasteiger partial charge is 0.0257 e. The number of nitrogens with two attached hydrogens (primary N) is 1.